The zero-order valence-corrected chi connectivity index (χ0v) is 9.88. The van der Waals surface area contributed by atoms with E-state index in [0.717, 1.165) is 10.9 Å². The third-order valence-electron chi connectivity index (χ3n) is 2.65. The lowest BCUT2D eigenvalue weighted by molar-refractivity contribution is -0.0867. The van der Waals surface area contributed by atoms with Crippen molar-refractivity contribution in [1.29, 1.82) is 0 Å². The van der Waals surface area contributed by atoms with Crippen LogP contribution in [0.5, 0.6) is 0 Å². The Kier molecular flexibility index (Phi) is 2.70. The predicted molar refractivity (Wildman–Crippen MR) is 61.8 cm³/mol. The molecule has 2 rings (SSSR count). The van der Waals surface area contributed by atoms with E-state index in [1.807, 2.05) is 13.0 Å². The molecule has 1 heterocycles. The zero-order chi connectivity index (χ0) is 11.9. The number of hydrogen-bond donors (Lipinski definition) is 0. The lowest BCUT2D eigenvalue weighted by Crippen LogP contribution is -1.97. The molecular weight excluding hydrogens is 233 g/mol. The van der Waals surface area contributed by atoms with Gasteiger partial charge >= 0.3 is 5.51 Å². The van der Waals surface area contributed by atoms with Gasteiger partial charge in [-0.15, -0.1) is 13.2 Å². The van der Waals surface area contributed by atoms with Crippen molar-refractivity contribution in [3.8, 4) is 0 Å². The van der Waals surface area contributed by atoms with E-state index in [1.54, 1.807) is 25.1 Å². The van der Waals surface area contributed by atoms with E-state index in [1.165, 1.54) is 0 Å². The van der Waals surface area contributed by atoms with E-state index in [9.17, 15) is 13.2 Å². The molecule has 0 radical (unpaired) electrons. The Morgan fingerprint density at radius 3 is 2.50 bits per heavy atom. The average Bonchev–Trinajstić information content (AvgIpc) is 2.57. The summed E-state index contributed by atoms with van der Waals surface area (Å²) < 4.78 is 39.4. The minimum absolute atomic E-state index is 0.435. The van der Waals surface area contributed by atoms with Gasteiger partial charge < -0.3 is 0 Å². The van der Waals surface area contributed by atoms with Gasteiger partial charge in [0.25, 0.3) is 0 Å². The third kappa shape index (κ3) is 1.71. The van der Waals surface area contributed by atoms with Crippen molar-refractivity contribution < 1.29 is 13.2 Å². The summed E-state index contributed by atoms with van der Waals surface area (Å²) in [7, 11) is -1.71. The first-order valence-electron chi connectivity index (χ1n) is 5.06. The molecule has 1 unspecified atom stereocenters. The Labute approximate surface area is 94.7 Å². The van der Waals surface area contributed by atoms with Gasteiger partial charge in [-0.1, -0.05) is 19.1 Å². The Hall–Kier alpha value is -1.03. The number of fused-ring (bicyclic) bond motifs is 1. The van der Waals surface area contributed by atoms with Gasteiger partial charge in [0.2, 0.25) is 0 Å². The topological polar surface area (TPSA) is 0 Å². The molecule has 2 aromatic rings. The van der Waals surface area contributed by atoms with E-state index >= 15 is 0 Å². The lowest BCUT2D eigenvalue weighted by atomic mass is 10.1. The first-order valence-corrected chi connectivity index (χ1v) is 6.29. The number of halogens is 3. The molecule has 0 aliphatic rings. The van der Waals surface area contributed by atoms with Crippen LogP contribution in [-0.4, -0.2) is 0 Å². The van der Waals surface area contributed by atoms with Gasteiger partial charge in [0.1, 0.15) is 0 Å². The molecule has 0 aliphatic carbocycles. The van der Waals surface area contributed by atoms with E-state index in [-0.39, 0.29) is 0 Å². The Morgan fingerprint density at radius 2 is 1.94 bits per heavy atom. The van der Waals surface area contributed by atoms with Crippen LogP contribution in [0.2, 0.25) is 0 Å². The van der Waals surface area contributed by atoms with Crippen LogP contribution in [0.1, 0.15) is 17.4 Å². The maximum absolute atomic E-state index is 13.0. The molecule has 0 saturated heterocycles. The largest absolute Gasteiger partial charge is 0.600 e. The van der Waals surface area contributed by atoms with Gasteiger partial charge in [0, 0.05) is 17.9 Å². The number of thiophene rings is 1. The van der Waals surface area contributed by atoms with Gasteiger partial charge in [0.05, 0.1) is 10.5 Å². The number of aryl methyl sites for hydroxylation is 2. The summed E-state index contributed by atoms with van der Waals surface area (Å²) in [5.41, 5.74) is -3.23. The quantitative estimate of drug-likeness (QED) is 0.624. The molecule has 86 valence electrons. The number of benzene rings is 1. The second kappa shape index (κ2) is 3.77. The second-order valence-electron chi connectivity index (χ2n) is 3.70. The average molecular weight is 245 g/mol. The highest BCUT2D eigenvalue weighted by atomic mass is 32.2. The van der Waals surface area contributed by atoms with E-state index in [4.69, 9.17) is 0 Å². The number of rotatable bonds is 1. The highest BCUT2D eigenvalue weighted by Gasteiger charge is 2.47. The van der Waals surface area contributed by atoms with Crippen LogP contribution >= 0.6 is 10.5 Å². The van der Waals surface area contributed by atoms with Gasteiger partial charge in [-0.2, -0.15) is 0 Å². The molecule has 0 nitrogen and oxygen atoms in total. The zero-order valence-electron chi connectivity index (χ0n) is 9.06. The van der Waals surface area contributed by atoms with Crippen LogP contribution in [0.25, 0.3) is 10.1 Å². The molecule has 1 atom stereocenters. The van der Waals surface area contributed by atoms with Crippen molar-refractivity contribution in [2.75, 3.05) is 0 Å². The summed E-state index contributed by atoms with van der Waals surface area (Å²) >= 11 is 0. The summed E-state index contributed by atoms with van der Waals surface area (Å²) in [6, 6.07) is 6.86. The van der Waals surface area contributed by atoms with E-state index in [0.29, 0.717) is 16.0 Å². The van der Waals surface area contributed by atoms with Crippen LogP contribution in [-0.2, 0) is 11.9 Å². The van der Waals surface area contributed by atoms with Crippen LogP contribution in [0.3, 0.4) is 0 Å². The molecule has 1 aromatic heterocycles. The van der Waals surface area contributed by atoms with E-state index in [2.05, 4.69) is 0 Å². The molecule has 4 heteroatoms. The predicted octanol–water partition coefficient (Wildman–Crippen LogP) is 4.94. The van der Waals surface area contributed by atoms with Crippen LogP contribution in [0.15, 0.2) is 24.3 Å². The van der Waals surface area contributed by atoms with Crippen molar-refractivity contribution in [3.05, 3.63) is 34.7 Å². The van der Waals surface area contributed by atoms with Crippen molar-refractivity contribution >= 4 is 20.6 Å². The smallest absolute Gasteiger partial charge is 0.118 e. The number of hydrogen-bond acceptors (Lipinski definition) is 0. The molecule has 16 heavy (non-hydrogen) atoms. The molecule has 1 aromatic carbocycles. The maximum Gasteiger partial charge on any atom is 0.600 e. The molecule has 0 spiro atoms. The molecule has 0 aliphatic heterocycles. The monoisotopic (exact) mass is 245 g/mol. The Morgan fingerprint density at radius 1 is 1.25 bits per heavy atom. The second-order valence-corrected chi connectivity index (χ2v) is 5.74. The standard InChI is InChI=1S/C12H12F3S/c1-3-9-7-10-8(2)5-4-6-11(10)16(9)12(13,14)15/h4-7H,3H2,1-2H3/q+1. The fourth-order valence-corrected chi connectivity index (χ4v) is 3.91. The molecular formula is C12H12F3S+. The minimum atomic E-state index is -4.15. The lowest BCUT2D eigenvalue weighted by Gasteiger charge is -1.98. The van der Waals surface area contributed by atoms with Gasteiger partial charge in [-0.25, -0.2) is 0 Å². The molecule has 0 saturated carbocycles. The number of alkyl halides is 3. The van der Waals surface area contributed by atoms with Gasteiger partial charge in [-0.05, 0) is 18.6 Å². The van der Waals surface area contributed by atoms with Crippen LogP contribution < -0.4 is 0 Å². The molecule has 0 N–H and O–H groups in total. The van der Waals surface area contributed by atoms with Crippen molar-refractivity contribution in [3.63, 3.8) is 0 Å². The van der Waals surface area contributed by atoms with Crippen molar-refractivity contribution in [2.24, 2.45) is 0 Å². The fourth-order valence-electron chi connectivity index (χ4n) is 1.90. The normalized spacial score (nSPS) is 13.4. The highest BCUT2D eigenvalue weighted by molar-refractivity contribution is 7.38. The first kappa shape index (κ1) is 11.5. The summed E-state index contributed by atoms with van der Waals surface area (Å²) in [6.45, 7) is 3.63. The van der Waals surface area contributed by atoms with Gasteiger partial charge in [0.15, 0.2) is 9.58 Å². The minimum Gasteiger partial charge on any atom is -0.118 e. The van der Waals surface area contributed by atoms with Crippen molar-refractivity contribution in [2.45, 2.75) is 25.8 Å². The summed E-state index contributed by atoms with van der Waals surface area (Å²) in [5.74, 6) is 0. The van der Waals surface area contributed by atoms with E-state index < -0.39 is 16.0 Å². The van der Waals surface area contributed by atoms with Crippen molar-refractivity contribution in [1.82, 2.24) is 0 Å². The SMILES string of the molecule is CCc1cc2c(C)cccc2[s+]1C(F)(F)F. The fraction of sp³-hybridized carbons (Fsp3) is 0.333. The molecule has 0 fully saturated rings. The summed E-state index contributed by atoms with van der Waals surface area (Å²) in [5, 5.41) is 0.764. The Bertz CT molecular complexity index is 523. The van der Waals surface area contributed by atoms with Gasteiger partial charge in [-0.3, -0.25) is 0 Å². The maximum atomic E-state index is 13.0. The Balaban J connectivity index is 2.84. The summed E-state index contributed by atoms with van der Waals surface area (Å²) in [4.78, 5) is 0.497. The van der Waals surface area contributed by atoms with Crippen LogP contribution in [0.4, 0.5) is 13.2 Å². The molecule has 0 amide bonds. The van der Waals surface area contributed by atoms with Crippen LogP contribution in [0, 0.1) is 6.92 Å². The highest BCUT2D eigenvalue weighted by Crippen LogP contribution is 2.51. The summed E-state index contributed by atoms with van der Waals surface area (Å²) in [6.07, 6.45) is 0.455. The third-order valence-corrected chi connectivity index (χ3v) is 4.84. The molecule has 0 bridgehead atoms. The first-order chi connectivity index (χ1) is 7.45.